The second kappa shape index (κ2) is 12.4. The summed E-state index contributed by atoms with van der Waals surface area (Å²) in [6.45, 7) is 10.9. The summed E-state index contributed by atoms with van der Waals surface area (Å²) in [7, 11) is 4.12. The summed E-state index contributed by atoms with van der Waals surface area (Å²) < 4.78 is 0. The highest BCUT2D eigenvalue weighted by Crippen LogP contribution is 2.18. The molecule has 1 aliphatic rings. The van der Waals surface area contributed by atoms with Gasteiger partial charge in [0.1, 0.15) is 0 Å². The lowest BCUT2D eigenvalue weighted by Gasteiger charge is -2.32. The van der Waals surface area contributed by atoms with Crippen LogP contribution >= 0.6 is 0 Å². The van der Waals surface area contributed by atoms with Gasteiger partial charge in [-0.25, -0.2) is 4.99 Å². The van der Waals surface area contributed by atoms with Crippen molar-refractivity contribution >= 4 is 17.6 Å². The molecule has 0 aliphatic carbocycles. The second-order valence-electron chi connectivity index (χ2n) is 8.25. The van der Waals surface area contributed by atoms with Crippen LogP contribution in [0.1, 0.15) is 44.2 Å². The summed E-state index contributed by atoms with van der Waals surface area (Å²) >= 11 is 0. The molecule has 7 heteroatoms. The number of carbonyl (C=O) groups excluding carboxylic acids is 1. The number of benzene rings is 1. The van der Waals surface area contributed by atoms with E-state index in [9.17, 15) is 4.79 Å². The van der Waals surface area contributed by atoms with Gasteiger partial charge in [-0.05, 0) is 56.4 Å². The third-order valence-corrected chi connectivity index (χ3v) is 5.46. The van der Waals surface area contributed by atoms with Crippen LogP contribution in [0.2, 0.25) is 0 Å². The minimum Gasteiger partial charge on any atom is -0.378 e. The van der Waals surface area contributed by atoms with Gasteiger partial charge in [0.05, 0.1) is 13.1 Å². The smallest absolute Gasteiger partial charge is 0.234 e. The first-order valence-electron chi connectivity index (χ1n) is 11.2. The highest BCUT2D eigenvalue weighted by atomic mass is 16.2. The molecule has 1 fully saturated rings. The molecule has 1 heterocycles. The third kappa shape index (κ3) is 7.86. The topological polar surface area (TPSA) is 72.0 Å². The molecule has 7 nitrogen and oxygen atoms in total. The summed E-state index contributed by atoms with van der Waals surface area (Å²) in [5.74, 6) is 1.00. The molecule has 1 aromatic rings. The van der Waals surface area contributed by atoms with Crippen molar-refractivity contribution in [1.29, 1.82) is 0 Å². The van der Waals surface area contributed by atoms with E-state index in [2.05, 4.69) is 78.8 Å². The van der Waals surface area contributed by atoms with Gasteiger partial charge >= 0.3 is 0 Å². The number of hydrogen-bond donors (Lipinski definition) is 3. The highest BCUT2D eigenvalue weighted by molar-refractivity contribution is 5.80. The zero-order chi connectivity index (χ0) is 21.9. The van der Waals surface area contributed by atoms with Gasteiger partial charge in [-0.15, -0.1) is 0 Å². The first-order valence-corrected chi connectivity index (χ1v) is 11.2. The number of anilines is 1. The lowest BCUT2D eigenvalue weighted by Crippen LogP contribution is -2.50. The van der Waals surface area contributed by atoms with Crippen LogP contribution in [0.3, 0.4) is 0 Å². The Morgan fingerprint density at radius 1 is 1.20 bits per heavy atom. The fourth-order valence-corrected chi connectivity index (χ4v) is 3.57. The molecule has 2 rings (SSSR count). The summed E-state index contributed by atoms with van der Waals surface area (Å²) in [4.78, 5) is 21.1. The molecule has 0 radical (unpaired) electrons. The van der Waals surface area contributed by atoms with Gasteiger partial charge in [0.2, 0.25) is 5.91 Å². The maximum absolute atomic E-state index is 11.9. The SMILES string of the molecule is CCCNC(=O)CN1CCC(NC(=NCc2ccc(N(C)C)cc2C)NCC)CC1. The maximum Gasteiger partial charge on any atom is 0.234 e. The standard InChI is InChI=1S/C23H40N6O/c1-6-12-25-22(30)17-29-13-10-20(11-14-29)27-23(24-7-2)26-16-19-8-9-21(28(4)5)15-18(19)3/h8-9,15,20H,6-7,10-14,16-17H2,1-5H3,(H,25,30)(H2,24,26,27). The van der Waals surface area contributed by atoms with Crippen molar-refractivity contribution in [3.63, 3.8) is 0 Å². The molecular formula is C23H40N6O. The Labute approximate surface area is 182 Å². The quantitative estimate of drug-likeness (QED) is 0.425. The monoisotopic (exact) mass is 416 g/mol. The zero-order valence-corrected chi connectivity index (χ0v) is 19.4. The predicted molar refractivity (Wildman–Crippen MR) is 126 cm³/mol. The molecule has 168 valence electrons. The number of rotatable bonds is 9. The van der Waals surface area contributed by atoms with Crippen molar-refractivity contribution in [1.82, 2.24) is 20.9 Å². The number of aryl methyl sites for hydroxylation is 1. The van der Waals surface area contributed by atoms with Gasteiger partial charge in [-0.1, -0.05) is 13.0 Å². The molecule has 0 saturated carbocycles. The lowest BCUT2D eigenvalue weighted by molar-refractivity contribution is -0.122. The summed E-state index contributed by atoms with van der Waals surface area (Å²) in [5.41, 5.74) is 3.71. The average Bonchev–Trinajstić information content (AvgIpc) is 2.72. The number of nitrogens with one attached hydrogen (secondary N) is 3. The summed E-state index contributed by atoms with van der Waals surface area (Å²) in [5, 5.41) is 9.91. The Hall–Kier alpha value is -2.28. The van der Waals surface area contributed by atoms with Crippen LogP contribution in [-0.4, -0.2) is 69.6 Å². The van der Waals surface area contributed by atoms with E-state index in [1.165, 1.54) is 16.8 Å². The van der Waals surface area contributed by atoms with Crippen LogP contribution in [-0.2, 0) is 11.3 Å². The minimum absolute atomic E-state index is 0.133. The largest absolute Gasteiger partial charge is 0.378 e. The second-order valence-corrected chi connectivity index (χ2v) is 8.25. The van der Waals surface area contributed by atoms with E-state index in [0.29, 0.717) is 19.1 Å². The van der Waals surface area contributed by atoms with Crippen molar-refractivity contribution in [2.24, 2.45) is 4.99 Å². The molecule has 0 unspecified atom stereocenters. The molecular weight excluding hydrogens is 376 g/mol. The van der Waals surface area contributed by atoms with Crippen LogP contribution in [0.4, 0.5) is 5.69 Å². The molecule has 0 bridgehead atoms. The van der Waals surface area contributed by atoms with Crippen LogP contribution in [0, 0.1) is 6.92 Å². The normalized spacial score (nSPS) is 15.7. The van der Waals surface area contributed by atoms with Crippen LogP contribution in [0.25, 0.3) is 0 Å². The van der Waals surface area contributed by atoms with Gasteiger partial charge in [-0.2, -0.15) is 0 Å². The van der Waals surface area contributed by atoms with Gasteiger partial charge in [0.25, 0.3) is 0 Å². The van der Waals surface area contributed by atoms with E-state index < -0.39 is 0 Å². The van der Waals surface area contributed by atoms with Gasteiger partial charge < -0.3 is 20.9 Å². The predicted octanol–water partition coefficient (Wildman–Crippen LogP) is 2.11. The number of nitrogens with zero attached hydrogens (tertiary/aromatic N) is 3. The number of aliphatic imine (C=N–C) groups is 1. The lowest BCUT2D eigenvalue weighted by atomic mass is 10.1. The Balaban J connectivity index is 1.86. The van der Waals surface area contributed by atoms with Crippen molar-refractivity contribution < 1.29 is 4.79 Å². The molecule has 0 aromatic heterocycles. The van der Waals surface area contributed by atoms with Crippen LogP contribution < -0.4 is 20.9 Å². The number of piperidine rings is 1. The number of guanidine groups is 1. The Bertz CT molecular complexity index is 695. The Kier molecular flexibility index (Phi) is 9.94. The van der Waals surface area contributed by atoms with Crippen molar-refractivity contribution in [3.8, 4) is 0 Å². The Morgan fingerprint density at radius 3 is 2.53 bits per heavy atom. The van der Waals surface area contributed by atoms with Crippen molar-refractivity contribution in [2.45, 2.75) is 52.6 Å². The number of hydrogen-bond acceptors (Lipinski definition) is 4. The van der Waals surface area contributed by atoms with Crippen LogP contribution in [0.15, 0.2) is 23.2 Å². The average molecular weight is 417 g/mol. The number of amides is 1. The van der Waals surface area contributed by atoms with E-state index in [4.69, 9.17) is 4.99 Å². The molecule has 0 spiro atoms. The molecule has 30 heavy (non-hydrogen) atoms. The van der Waals surface area contributed by atoms with Crippen molar-refractivity contribution in [2.75, 3.05) is 51.7 Å². The van der Waals surface area contributed by atoms with Gasteiger partial charge in [-0.3, -0.25) is 9.69 Å². The summed E-state index contributed by atoms with van der Waals surface area (Å²) in [6, 6.07) is 6.90. The van der Waals surface area contributed by atoms with Gasteiger partial charge in [0, 0.05) is 52.0 Å². The van der Waals surface area contributed by atoms with Crippen LogP contribution in [0.5, 0.6) is 0 Å². The molecule has 1 aromatic carbocycles. The zero-order valence-electron chi connectivity index (χ0n) is 19.4. The molecule has 3 N–H and O–H groups in total. The first-order chi connectivity index (χ1) is 14.4. The molecule has 1 saturated heterocycles. The Morgan fingerprint density at radius 2 is 1.93 bits per heavy atom. The van der Waals surface area contributed by atoms with E-state index in [1.807, 2.05) is 0 Å². The van der Waals surface area contributed by atoms with E-state index in [0.717, 1.165) is 51.4 Å². The first kappa shape index (κ1) is 24.0. The minimum atomic E-state index is 0.133. The maximum atomic E-state index is 11.9. The molecule has 1 aliphatic heterocycles. The third-order valence-electron chi connectivity index (χ3n) is 5.46. The number of likely N-dealkylation sites (tertiary alicyclic amines) is 1. The molecule has 1 amide bonds. The highest BCUT2D eigenvalue weighted by Gasteiger charge is 2.21. The van der Waals surface area contributed by atoms with E-state index >= 15 is 0 Å². The van der Waals surface area contributed by atoms with Gasteiger partial charge in [0.15, 0.2) is 5.96 Å². The van der Waals surface area contributed by atoms with E-state index in [1.54, 1.807) is 0 Å². The number of carbonyl (C=O) groups is 1. The van der Waals surface area contributed by atoms with E-state index in [-0.39, 0.29) is 5.91 Å². The molecule has 0 atom stereocenters. The fourth-order valence-electron chi connectivity index (χ4n) is 3.57. The summed E-state index contributed by atoms with van der Waals surface area (Å²) in [6.07, 6.45) is 3.01. The van der Waals surface area contributed by atoms with Crippen molar-refractivity contribution in [3.05, 3.63) is 29.3 Å². The fraction of sp³-hybridized carbons (Fsp3) is 0.652.